The summed E-state index contributed by atoms with van der Waals surface area (Å²) >= 11 is 7.79. The highest BCUT2D eigenvalue weighted by molar-refractivity contribution is 14.1. The maximum Gasteiger partial charge on any atom is 0.138 e. The van der Waals surface area contributed by atoms with E-state index < -0.39 is 0 Å². The van der Waals surface area contributed by atoms with Crippen LogP contribution in [0.1, 0.15) is 47.3 Å². The minimum absolute atomic E-state index is 0.253. The van der Waals surface area contributed by atoms with Crippen LogP contribution in [-0.2, 0) is 0 Å². The second-order valence-electron chi connectivity index (χ2n) is 4.98. The molecule has 0 N–H and O–H groups in total. The van der Waals surface area contributed by atoms with Crippen molar-refractivity contribution in [3.05, 3.63) is 27.0 Å². The van der Waals surface area contributed by atoms with Crippen molar-refractivity contribution in [2.45, 2.75) is 35.4 Å². The maximum absolute atomic E-state index is 9.04. The Morgan fingerprint density at radius 3 is 3.00 bits per heavy atom. The Bertz CT molecular complexity index is 609. The zero-order valence-corrected chi connectivity index (χ0v) is 15.6. The first-order valence-electron chi connectivity index (χ1n) is 6.27. The summed E-state index contributed by atoms with van der Waals surface area (Å²) in [7, 11) is 0. The monoisotopic (exact) mass is 419 g/mol. The molecule has 0 amide bonds. The molecule has 0 radical (unpaired) electrons. The van der Waals surface area contributed by atoms with Crippen LogP contribution >= 0.6 is 57.5 Å². The summed E-state index contributed by atoms with van der Waals surface area (Å²) in [5, 5.41) is 11.9. The summed E-state index contributed by atoms with van der Waals surface area (Å²) in [5.41, 5.74) is 2.97. The van der Waals surface area contributed by atoms with Gasteiger partial charge in [-0.25, -0.2) is 0 Å². The summed E-state index contributed by atoms with van der Waals surface area (Å²) in [6, 6.07) is 2.40. The van der Waals surface area contributed by atoms with Gasteiger partial charge >= 0.3 is 0 Å². The molecule has 0 aliphatic heterocycles. The third-order valence-corrected chi connectivity index (χ3v) is 8.42. The predicted molar refractivity (Wildman–Crippen MR) is 96.2 cm³/mol. The van der Waals surface area contributed by atoms with E-state index in [4.69, 9.17) is 5.26 Å². The first-order chi connectivity index (χ1) is 9.02. The summed E-state index contributed by atoms with van der Waals surface area (Å²) < 4.78 is 0.253. The molecule has 19 heavy (non-hydrogen) atoms. The first-order valence-corrected chi connectivity index (χ1v) is 10.0. The van der Waals surface area contributed by atoms with E-state index in [-0.39, 0.29) is 3.42 Å². The highest BCUT2D eigenvalue weighted by Crippen LogP contribution is 2.73. The van der Waals surface area contributed by atoms with Gasteiger partial charge in [0, 0.05) is 25.8 Å². The highest BCUT2D eigenvalue weighted by Gasteiger charge is 2.62. The van der Waals surface area contributed by atoms with Crippen molar-refractivity contribution in [3.8, 4) is 5.40 Å². The number of allylic oxidation sites excluding steroid dienone is 1. The van der Waals surface area contributed by atoms with Crippen LogP contribution in [-0.4, -0.2) is 9.17 Å². The summed E-state index contributed by atoms with van der Waals surface area (Å²) in [6.07, 6.45) is 0. The number of nitrogens with zero attached hydrogens (tertiary/aromatic N) is 1. The molecule has 1 nitrogen and oxygen atoms in total. The smallest absolute Gasteiger partial charge is 0.138 e. The molecule has 5 heteroatoms. The van der Waals surface area contributed by atoms with Crippen molar-refractivity contribution < 1.29 is 0 Å². The van der Waals surface area contributed by atoms with Gasteiger partial charge in [-0.15, -0.1) is 11.3 Å². The topological polar surface area (TPSA) is 23.8 Å². The number of nitriles is 1. The Morgan fingerprint density at radius 2 is 2.37 bits per heavy atom. The number of thioether (sulfide) groups is 2. The molecule has 3 rings (SSSR count). The zero-order valence-electron chi connectivity index (χ0n) is 11.0. The van der Waals surface area contributed by atoms with E-state index in [9.17, 15) is 0 Å². The molecule has 1 heterocycles. The average Bonchev–Trinajstić information content (AvgIpc) is 2.68. The van der Waals surface area contributed by atoms with Gasteiger partial charge in [0.1, 0.15) is 5.40 Å². The standard InChI is InChI=1S/C14H14INS3/c1-4-17-7(2)9-5-8-10-11(14(10,3)15)13(18-6-16)12(8)19-9/h5,7,10H,4H2,1-3H3. The number of rotatable bonds is 4. The average molecular weight is 419 g/mol. The zero-order chi connectivity index (χ0) is 13.8. The van der Waals surface area contributed by atoms with Crippen LogP contribution in [0.25, 0.3) is 4.91 Å². The minimum atomic E-state index is 0.253. The normalized spacial score (nSPS) is 28.9. The number of fused-ring (bicyclic) bond motifs is 3. The van der Waals surface area contributed by atoms with Gasteiger partial charge in [-0.05, 0) is 48.6 Å². The predicted octanol–water partition coefficient (Wildman–Crippen LogP) is 5.79. The fourth-order valence-electron chi connectivity index (χ4n) is 2.83. The Labute approximate surface area is 140 Å². The van der Waals surface area contributed by atoms with Crippen molar-refractivity contribution in [1.29, 1.82) is 5.26 Å². The molecule has 2 aliphatic rings. The van der Waals surface area contributed by atoms with E-state index >= 15 is 0 Å². The number of thiocyanates is 1. The van der Waals surface area contributed by atoms with E-state index in [1.165, 1.54) is 37.6 Å². The second kappa shape index (κ2) is 4.97. The molecule has 0 spiro atoms. The maximum atomic E-state index is 9.04. The molecule has 1 fully saturated rings. The number of halogens is 1. The molecule has 3 unspecified atom stereocenters. The Kier molecular flexibility index (Phi) is 3.74. The molecule has 2 aliphatic carbocycles. The van der Waals surface area contributed by atoms with Crippen LogP contribution in [0.4, 0.5) is 0 Å². The Hall–Kier alpha value is 0.360. The molecular weight excluding hydrogens is 405 g/mol. The van der Waals surface area contributed by atoms with Gasteiger partial charge in [-0.1, -0.05) is 29.5 Å². The Morgan fingerprint density at radius 1 is 1.63 bits per heavy atom. The highest BCUT2D eigenvalue weighted by atomic mass is 127. The van der Waals surface area contributed by atoms with Gasteiger partial charge in [-0.2, -0.15) is 17.0 Å². The molecule has 0 saturated heterocycles. The van der Waals surface area contributed by atoms with E-state index in [1.54, 1.807) is 0 Å². The summed E-state index contributed by atoms with van der Waals surface area (Å²) in [5.74, 6) is 1.72. The van der Waals surface area contributed by atoms with Crippen LogP contribution in [0.15, 0.2) is 11.6 Å². The van der Waals surface area contributed by atoms with Crippen LogP contribution < -0.4 is 0 Å². The van der Waals surface area contributed by atoms with E-state index in [0.717, 1.165) is 5.75 Å². The number of hydrogen-bond acceptors (Lipinski definition) is 4. The largest absolute Gasteiger partial charge is 0.185 e. The van der Waals surface area contributed by atoms with Crippen LogP contribution in [0.2, 0.25) is 0 Å². The third kappa shape index (κ3) is 2.10. The van der Waals surface area contributed by atoms with Crippen LogP contribution in [0, 0.1) is 10.7 Å². The summed E-state index contributed by atoms with van der Waals surface area (Å²) in [4.78, 5) is 4.09. The molecule has 1 aromatic rings. The third-order valence-electron chi connectivity index (χ3n) is 3.78. The molecular formula is C14H14INS3. The lowest BCUT2D eigenvalue weighted by molar-refractivity contribution is 1.01. The van der Waals surface area contributed by atoms with Gasteiger partial charge in [0.25, 0.3) is 0 Å². The van der Waals surface area contributed by atoms with Gasteiger partial charge in [0.15, 0.2) is 0 Å². The van der Waals surface area contributed by atoms with Crippen molar-refractivity contribution in [3.63, 3.8) is 0 Å². The lowest BCUT2D eigenvalue weighted by Crippen LogP contribution is -1.95. The Balaban J connectivity index is 1.99. The number of thiophene rings is 1. The fraction of sp³-hybridized carbons (Fsp3) is 0.500. The van der Waals surface area contributed by atoms with E-state index in [0.29, 0.717) is 11.2 Å². The van der Waals surface area contributed by atoms with E-state index in [1.807, 2.05) is 23.1 Å². The summed E-state index contributed by atoms with van der Waals surface area (Å²) in [6.45, 7) is 6.78. The van der Waals surface area contributed by atoms with Crippen LogP contribution in [0.5, 0.6) is 0 Å². The lowest BCUT2D eigenvalue weighted by atomic mass is 10.1. The second-order valence-corrected chi connectivity index (χ2v) is 10.7. The fourth-order valence-corrected chi connectivity index (χ4v) is 7.24. The van der Waals surface area contributed by atoms with E-state index in [2.05, 4.69) is 54.8 Å². The lowest BCUT2D eigenvalue weighted by Gasteiger charge is -2.06. The molecule has 0 bridgehead atoms. The molecule has 1 saturated carbocycles. The number of alkyl halides is 1. The van der Waals surface area contributed by atoms with Crippen LogP contribution in [0.3, 0.4) is 0 Å². The minimum Gasteiger partial charge on any atom is -0.185 e. The SMILES string of the molecule is CCSC(C)c1cc2c(s1)C(SC#N)=C1C2C1(C)I. The van der Waals surface area contributed by atoms with Gasteiger partial charge in [0.05, 0.1) is 3.42 Å². The molecule has 1 aromatic heterocycles. The molecule has 100 valence electrons. The molecule has 3 atom stereocenters. The van der Waals surface area contributed by atoms with Gasteiger partial charge in [0.2, 0.25) is 0 Å². The number of hydrogen-bond donors (Lipinski definition) is 0. The quantitative estimate of drug-likeness (QED) is 0.351. The van der Waals surface area contributed by atoms with Crippen molar-refractivity contribution in [1.82, 2.24) is 0 Å². The van der Waals surface area contributed by atoms with Crippen molar-refractivity contribution >= 4 is 62.4 Å². The first kappa shape index (κ1) is 14.3. The van der Waals surface area contributed by atoms with Crippen molar-refractivity contribution in [2.75, 3.05) is 5.75 Å². The van der Waals surface area contributed by atoms with Gasteiger partial charge in [-0.3, -0.25) is 0 Å². The van der Waals surface area contributed by atoms with Gasteiger partial charge < -0.3 is 0 Å². The molecule has 0 aromatic carbocycles. The van der Waals surface area contributed by atoms with Crippen molar-refractivity contribution in [2.24, 2.45) is 0 Å².